The highest BCUT2D eigenvalue weighted by Gasteiger charge is 2.34. The number of rotatable bonds is 5. The van der Waals surface area contributed by atoms with Gasteiger partial charge in [-0.1, -0.05) is 5.16 Å². The molecule has 0 amide bonds. The Morgan fingerprint density at radius 3 is 2.82 bits per heavy atom. The van der Waals surface area contributed by atoms with Crippen LogP contribution < -0.4 is 10.6 Å². The van der Waals surface area contributed by atoms with E-state index in [2.05, 4.69) is 27.6 Å². The summed E-state index contributed by atoms with van der Waals surface area (Å²) in [6.45, 7) is 9.83. The molecule has 3 rings (SSSR count). The van der Waals surface area contributed by atoms with Crippen LogP contribution in [0.1, 0.15) is 43.2 Å². The number of likely N-dealkylation sites (tertiary alicyclic amines) is 1. The summed E-state index contributed by atoms with van der Waals surface area (Å²) in [5.74, 6) is 1.75. The van der Waals surface area contributed by atoms with E-state index in [1.54, 1.807) is 0 Å². The molecule has 0 spiro atoms. The first kappa shape index (κ1) is 15.3. The molecule has 0 bridgehead atoms. The number of nitrogens with one attached hydrogen (secondary N) is 2. The minimum atomic E-state index is 0.503. The van der Waals surface area contributed by atoms with Crippen LogP contribution in [-0.2, 0) is 6.54 Å². The SMILES string of the molecule is CCNC(=NCc1c(C)noc1C)NC1CCN(C2CC2)C1. The quantitative estimate of drug-likeness (QED) is 0.639. The molecule has 1 saturated carbocycles. The zero-order valence-corrected chi connectivity index (χ0v) is 13.9. The van der Waals surface area contributed by atoms with Gasteiger partial charge in [0.25, 0.3) is 0 Å². The molecule has 1 aromatic heterocycles. The Morgan fingerprint density at radius 1 is 1.36 bits per heavy atom. The van der Waals surface area contributed by atoms with Gasteiger partial charge in [0.2, 0.25) is 0 Å². The van der Waals surface area contributed by atoms with E-state index < -0.39 is 0 Å². The fourth-order valence-corrected chi connectivity index (χ4v) is 3.08. The molecule has 2 N–H and O–H groups in total. The lowest BCUT2D eigenvalue weighted by molar-refractivity contribution is 0.321. The summed E-state index contributed by atoms with van der Waals surface area (Å²) in [4.78, 5) is 7.31. The molecule has 0 radical (unpaired) electrons. The Hall–Kier alpha value is -1.56. The summed E-state index contributed by atoms with van der Waals surface area (Å²) in [5, 5.41) is 10.9. The Kier molecular flexibility index (Phi) is 4.66. The number of aryl methyl sites for hydroxylation is 2. The number of hydrogen-bond donors (Lipinski definition) is 2. The van der Waals surface area contributed by atoms with Gasteiger partial charge < -0.3 is 15.2 Å². The first-order chi connectivity index (χ1) is 10.7. The van der Waals surface area contributed by atoms with E-state index in [4.69, 9.17) is 9.52 Å². The average Bonchev–Trinajstić information content (AvgIpc) is 3.17. The van der Waals surface area contributed by atoms with Crippen LogP contribution >= 0.6 is 0 Å². The summed E-state index contributed by atoms with van der Waals surface area (Å²) in [6.07, 6.45) is 3.96. The maximum atomic E-state index is 5.20. The highest BCUT2D eigenvalue weighted by Crippen LogP contribution is 2.29. The van der Waals surface area contributed by atoms with Gasteiger partial charge in [-0.3, -0.25) is 4.90 Å². The monoisotopic (exact) mass is 305 g/mol. The second-order valence-corrected chi connectivity index (χ2v) is 6.35. The smallest absolute Gasteiger partial charge is 0.191 e. The molecule has 0 aromatic carbocycles. The van der Waals surface area contributed by atoms with Gasteiger partial charge in [-0.2, -0.15) is 0 Å². The zero-order valence-electron chi connectivity index (χ0n) is 13.9. The normalized spacial score (nSPS) is 23.0. The molecule has 1 aliphatic carbocycles. The highest BCUT2D eigenvalue weighted by atomic mass is 16.5. The predicted octanol–water partition coefficient (Wildman–Crippen LogP) is 1.58. The van der Waals surface area contributed by atoms with Crippen molar-refractivity contribution in [2.24, 2.45) is 4.99 Å². The number of nitrogens with zero attached hydrogens (tertiary/aromatic N) is 3. The van der Waals surface area contributed by atoms with Gasteiger partial charge in [0, 0.05) is 37.3 Å². The Balaban J connectivity index is 1.58. The number of aromatic nitrogens is 1. The van der Waals surface area contributed by atoms with Crippen LogP contribution in [0.15, 0.2) is 9.52 Å². The summed E-state index contributed by atoms with van der Waals surface area (Å²) < 4.78 is 5.20. The lowest BCUT2D eigenvalue weighted by Gasteiger charge is -2.18. The summed E-state index contributed by atoms with van der Waals surface area (Å²) in [5.41, 5.74) is 2.01. The van der Waals surface area contributed by atoms with Crippen LogP contribution in [0.4, 0.5) is 0 Å². The topological polar surface area (TPSA) is 65.7 Å². The molecular formula is C16H27N5O. The first-order valence-corrected chi connectivity index (χ1v) is 8.38. The van der Waals surface area contributed by atoms with Gasteiger partial charge in [-0.25, -0.2) is 4.99 Å². The van der Waals surface area contributed by atoms with E-state index in [0.29, 0.717) is 12.6 Å². The van der Waals surface area contributed by atoms with E-state index in [0.717, 1.165) is 42.1 Å². The minimum absolute atomic E-state index is 0.503. The standard InChI is InChI=1S/C16H27N5O/c1-4-17-16(18-9-15-11(2)20-22-12(15)3)19-13-7-8-21(10-13)14-5-6-14/h13-14H,4-10H2,1-3H3,(H2,17,18,19). The molecule has 22 heavy (non-hydrogen) atoms. The van der Waals surface area contributed by atoms with Crippen molar-refractivity contribution in [1.29, 1.82) is 0 Å². The molecule has 122 valence electrons. The maximum absolute atomic E-state index is 5.20. The molecule has 2 fully saturated rings. The van der Waals surface area contributed by atoms with Gasteiger partial charge in [0.05, 0.1) is 12.2 Å². The summed E-state index contributed by atoms with van der Waals surface area (Å²) in [6, 6.07) is 1.36. The maximum Gasteiger partial charge on any atom is 0.191 e. The van der Waals surface area contributed by atoms with Gasteiger partial charge in [-0.05, 0) is 40.0 Å². The summed E-state index contributed by atoms with van der Waals surface area (Å²) >= 11 is 0. The van der Waals surface area contributed by atoms with Crippen LogP contribution in [0, 0.1) is 13.8 Å². The third kappa shape index (κ3) is 3.61. The van der Waals surface area contributed by atoms with Crippen molar-refractivity contribution in [2.75, 3.05) is 19.6 Å². The predicted molar refractivity (Wildman–Crippen MR) is 86.9 cm³/mol. The van der Waals surface area contributed by atoms with Gasteiger partial charge in [0.15, 0.2) is 5.96 Å². The van der Waals surface area contributed by atoms with E-state index in [-0.39, 0.29) is 0 Å². The summed E-state index contributed by atoms with van der Waals surface area (Å²) in [7, 11) is 0. The van der Waals surface area contributed by atoms with Crippen molar-refractivity contribution in [1.82, 2.24) is 20.7 Å². The second-order valence-electron chi connectivity index (χ2n) is 6.35. The van der Waals surface area contributed by atoms with E-state index >= 15 is 0 Å². The van der Waals surface area contributed by atoms with E-state index in [1.165, 1.54) is 25.8 Å². The molecule has 1 aliphatic heterocycles. The Labute approximate surface area is 132 Å². The Morgan fingerprint density at radius 2 is 2.18 bits per heavy atom. The average molecular weight is 305 g/mol. The van der Waals surface area contributed by atoms with Gasteiger partial charge >= 0.3 is 0 Å². The van der Waals surface area contributed by atoms with E-state index in [9.17, 15) is 0 Å². The molecule has 6 nitrogen and oxygen atoms in total. The molecule has 6 heteroatoms. The van der Waals surface area contributed by atoms with Crippen molar-refractivity contribution in [3.63, 3.8) is 0 Å². The van der Waals surface area contributed by atoms with Gasteiger partial charge in [-0.15, -0.1) is 0 Å². The van der Waals surface area contributed by atoms with Crippen LogP contribution in [0.3, 0.4) is 0 Å². The highest BCUT2D eigenvalue weighted by molar-refractivity contribution is 5.80. The van der Waals surface area contributed by atoms with Gasteiger partial charge in [0.1, 0.15) is 5.76 Å². The zero-order chi connectivity index (χ0) is 15.5. The largest absolute Gasteiger partial charge is 0.361 e. The van der Waals surface area contributed by atoms with Crippen molar-refractivity contribution in [2.45, 2.75) is 58.7 Å². The van der Waals surface area contributed by atoms with Crippen molar-refractivity contribution < 1.29 is 4.52 Å². The van der Waals surface area contributed by atoms with Crippen molar-refractivity contribution >= 4 is 5.96 Å². The fourth-order valence-electron chi connectivity index (χ4n) is 3.08. The molecular weight excluding hydrogens is 278 g/mol. The molecule has 2 aliphatic rings. The van der Waals surface area contributed by atoms with Crippen molar-refractivity contribution in [3.05, 3.63) is 17.0 Å². The lowest BCUT2D eigenvalue weighted by atomic mass is 10.2. The van der Waals surface area contributed by atoms with Crippen LogP contribution in [-0.4, -0.2) is 47.7 Å². The van der Waals surface area contributed by atoms with Crippen LogP contribution in [0.2, 0.25) is 0 Å². The lowest BCUT2D eigenvalue weighted by Crippen LogP contribution is -2.44. The molecule has 1 saturated heterocycles. The molecule has 1 aromatic rings. The molecule has 1 unspecified atom stereocenters. The number of guanidine groups is 1. The first-order valence-electron chi connectivity index (χ1n) is 8.38. The molecule has 2 heterocycles. The number of aliphatic imine (C=N–C) groups is 1. The van der Waals surface area contributed by atoms with Crippen molar-refractivity contribution in [3.8, 4) is 0 Å². The Bertz CT molecular complexity index is 515. The van der Waals surface area contributed by atoms with Crippen LogP contribution in [0.25, 0.3) is 0 Å². The third-order valence-corrected chi connectivity index (χ3v) is 4.54. The molecule has 1 atom stereocenters. The number of hydrogen-bond acceptors (Lipinski definition) is 4. The van der Waals surface area contributed by atoms with E-state index in [1.807, 2.05) is 13.8 Å². The fraction of sp³-hybridized carbons (Fsp3) is 0.750. The second kappa shape index (κ2) is 6.69. The van der Waals surface area contributed by atoms with Crippen LogP contribution in [0.5, 0.6) is 0 Å². The minimum Gasteiger partial charge on any atom is -0.361 e. The third-order valence-electron chi connectivity index (χ3n) is 4.54.